The third-order valence-corrected chi connectivity index (χ3v) is 13.8. The Morgan fingerprint density at radius 3 is 2.80 bits per heavy atom. The second kappa shape index (κ2) is 16.3. The van der Waals surface area contributed by atoms with Gasteiger partial charge in [0.2, 0.25) is 5.88 Å². The van der Waals surface area contributed by atoms with Crippen molar-refractivity contribution in [3.63, 3.8) is 0 Å². The monoisotopic (exact) mass is 794 g/mol. The number of methoxy groups -OCH3 is 1. The highest BCUT2D eigenvalue weighted by Gasteiger charge is 2.44. The maximum atomic E-state index is 14.9. The van der Waals surface area contributed by atoms with E-state index in [-0.39, 0.29) is 40.0 Å². The molecule has 2 aliphatic heterocycles. The van der Waals surface area contributed by atoms with Crippen LogP contribution in [0.5, 0.6) is 11.6 Å². The van der Waals surface area contributed by atoms with Gasteiger partial charge in [0.05, 0.1) is 44.0 Å². The summed E-state index contributed by atoms with van der Waals surface area (Å²) < 4.78 is 41.3. The first-order chi connectivity index (χ1) is 26.4. The first-order valence-corrected chi connectivity index (χ1v) is 21.1. The Bertz CT molecular complexity index is 2080. The summed E-state index contributed by atoms with van der Waals surface area (Å²) in [4.78, 5) is 30.2. The number of halogens is 1. The zero-order valence-corrected chi connectivity index (χ0v) is 33.4. The van der Waals surface area contributed by atoms with Gasteiger partial charge in [-0.2, -0.15) is 0 Å². The number of carbonyl (C=O) groups excluding carboxylic acids is 2. The molecule has 1 saturated carbocycles. The molecule has 3 aromatic rings. The van der Waals surface area contributed by atoms with Gasteiger partial charge >= 0.3 is 0 Å². The average Bonchev–Trinajstić information content (AvgIpc) is 3.46. The number of hydrogen-bond donors (Lipinski definition) is 3. The number of aliphatic hydroxyl groups is 1. The summed E-state index contributed by atoms with van der Waals surface area (Å²) in [6, 6.07) is 11.3. The van der Waals surface area contributed by atoms with E-state index in [4.69, 9.17) is 25.8 Å². The van der Waals surface area contributed by atoms with Gasteiger partial charge in [-0.3, -0.25) is 19.0 Å². The molecule has 1 aromatic heterocycles. The first kappa shape index (κ1) is 39.3. The van der Waals surface area contributed by atoms with E-state index < -0.39 is 39.9 Å². The third-order valence-electron chi connectivity index (χ3n) is 11.6. The first-order valence-electron chi connectivity index (χ1n) is 19.0. The number of aliphatic hydroxyl groups excluding tert-OH is 1. The molecule has 1 fully saturated rings. The van der Waals surface area contributed by atoms with Crippen LogP contribution in [0.1, 0.15) is 64.4 Å². The van der Waals surface area contributed by atoms with Crippen molar-refractivity contribution in [2.24, 2.45) is 29.2 Å². The fraction of sp³-hybridized carbons (Fsp3) is 0.525. The van der Waals surface area contributed by atoms with E-state index >= 15 is 0 Å². The van der Waals surface area contributed by atoms with E-state index in [2.05, 4.69) is 36.5 Å². The van der Waals surface area contributed by atoms with Crippen LogP contribution in [-0.2, 0) is 33.5 Å². The Kier molecular flexibility index (Phi) is 11.6. The summed E-state index contributed by atoms with van der Waals surface area (Å²) >= 11 is 6.46. The molecule has 7 atom stereocenters. The molecular formula is C40H51ClN6O7S. The minimum atomic E-state index is -3.78. The van der Waals surface area contributed by atoms with Crippen molar-refractivity contribution in [3.05, 3.63) is 82.0 Å². The molecule has 4 aliphatic rings. The summed E-state index contributed by atoms with van der Waals surface area (Å²) in [5.41, 5.74) is 3.12. The number of anilines is 1. The lowest BCUT2D eigenvalue weighted by molar-refractivity contribution is 0.0397. The highest BCUT2D eigenvalue weighted by Crippen LogP contribution is 2.47. The summed E-state index contributed by atoms with van der Waals surface area (Å²) in [6.45, 7) is 4.47. The van der Waals surface area contributed by atoms with Crippen LogP contribution in [0.3, 0.4) is 0 Å². The highest BCUT2D eigenvalue weighted by atomic mass is 35.5. The Hall–Kier alpha value is -3.95. The molecule has 13 nitrogen and oxygen atoms in total. The summed E-state index contributed by atoms with van der Waals surface area (Å²) in [7, 11) is 1.06. The molecular weight excluding hydrogens is 744 g/mol. The lowest BCUT2D eigenvalue weighted by Crippen LogP contribution is -2.49. The van der Waals surface area contributed by atoms with E-state index in [1.54, 1.807) is 31.3 Å². The predicted octanol–water partition coefficient (Wildman–Crippen LogP) is 4.71. The number of aromatic nitrogens is 2. The molecule has 2 amide bonds. The van der Waals surface area contributed by atoms with Gasteiger partial charge in [0.1, 0.15) is 21.2 Å². The lowest BCUT2D eigenvalue weighted by Gasteiger charge is -2.45. The zero-order valence-electron chi connectivity index (χ0n) is 31.8. The van der Waals surface area contributed by atoms with Gasteiger partial charge in [0.25, 0.3) is 11.8 Å². The quantitative estimate of drug-likeness (QED) is 0.226. The molecule has 2 aliphatic carbocycles. The number of hydrogen-bond acceptors (Lipinski definition) is 10. The molecule has 55 heavy (non-hydrogen) atoms. The number of ether oxygens (including phenoxy) is 3. The van der Waals surface area contributed by atoms with Crippen LogP contribution in [-0.4, -0.2) is 95.9 Å². The maximum absolute atomic E-state index is 14.9. The van der Waals surface area contributed by atoms with E-state index in [0.29, 0.717) is 43.6 Å². The van der Waals surface area contributed by atoms with Gasteiger partial charge in [0, 0.05) is 54.8 Å². The molecule has 1 spiro atoms. The fourth-order valence-electron chi connectivity index (χ4n) is 8.59. The zero-order chi connectivity index (χ0) is 38.9. The van der Waals surface area contributed by atoms with Gasteiger partial charge in [-0.25, -0.2) is 4.21 Å². The van der Waals surface area contributed by atoms with Crippen molar-refractivity contribution in [2.45, 2.75) is 56.7 Å². The molecule has 15 heteroatoms. The number of benzene rings is 2. The Balaban J connectivity index is 1.31. The van der Waals surface area contributed by atoms with E-state index in [9.17, 15) is 18.9 Å². The van der Waals surface area contributed by atoms with E-state index in [1.165, 1.54) is 29.1 Å². The second-order valence-corrected chi connectivity index (χ2v) is 17.9. The third kappa shape index (κ3) is 8.29. The molecule has 0 unspecified atom stereocenters. The van der Waals surface area contributed by atoms with Crippen molar-refractivity contribution in [1.29, 1.82) is 0 Å². The SMILES string of the molecule is CNCCO[C@H]1/C=C/[C@H](O)[C@@H]2CC[C@H]2CN2C[C@@]3(CCCc4cc(Cl)ccc43)COc3ccc(cc32)C(=O)N=[S@](=O)(NC(=O)c2cn(C)nc2OC)C[C@H]1C. The Labute approximate surface area is 328 Å². The summed E-state index contributed by atoms with van der Waals surface area (Å²) in [5.74, 6) is -1.31. The molecule has 3 heterocycles. The fourth-order valence-corrected chi connectivity index (χ4v) is 10.7. The number of nitrogens with zero attached hydrogens (tertiary/aromatic N) is 4. The smallest absolute Gasteiger partial charge is 0.286 e. The van der Waals surface area contributed by atoms with Crippen LogP contribution < -0.4 is 24.4 Å². The van der Waals surface area contributed by atoms with E-state index in [0.717, 1.165) is 37.8 Å². The molecule has 7 rings (SSSR count). The van der Waals surface area contributed by atoms with Gasteiger partial charge in [-0.15, -0.1) is 9.46 Å². The van der Waals surface area contributed by atoms with Gasteiger partial charge in [-0.05, 0) is 92.4 Å². The van der Waals surface area contributed by atoms with Crippen LogP contribution in [0.15, 0.2) is 59.1 Å². The Morgan fingerprint density at radius 2 is 2.04 bits per heavy atom. The van der Waals surface area contributed by atoms with Crippen LogP contribution in [0.4, 0.5) is 5.69 Å². The highest BCUT2D eigenvalue weighted by molar-refractivity contribution is 7.92. The molecule has 296 valence electrons. The number of carbonyl (C=O) groups is 2. The number of likely N-dealkylation sites (N-methyl/N-ethyl adjacent to an activating group) is 1. The molecule has 2 aromatic carbocycles. The summed E-state index contributed by atoms with van der Waals surface area (Å²) in [5, 5.41) is 19.6. The number of amides is 2. The standard InChI is InChI=1S/C40H51ClN6O7S/c1-25-22-55(51,45-38(50)31-21-46(3)43-39(31)52-4)44-37(49)27-8-13-36-33(19-27)47(20-28-7-10-30(28)34(48)12-14-35(25)53-17-16-42-2)23-40(24-54-36)15-5-6-26-18-29(41)9-11-32(26)40/h8-9,11-14,18-19,21,25,28,30,34-35,42,48H,5-7,10,15-17,20,22-24H2,1-4H3,(H,44,45,49,50,51)/b14-12+/t25-,28+,30-,34+,35+,40+,55+/m1/s1. The average molecular weight is 795 g/mol. The van der Waals surface area contributed by atoms with Crippen molar-refractivity contribution in [3.8, 4) is 11.6 Å². The van der Waals surface area contributed by atoms with Crippen LogP contribution >= 0.6 is 11.6 Å². The van der Waals surface area contributed by atoms with Crippen LogP contribution in [0, 0.1) is 17.8 Å². The number of nitrogens with one attached hydrogen (secondary N) is 2. The predicted molar refractivity (Wildman–Crippen MR) is 211 cm³/mol. The minimum Gasteiger partial charge on any atom is -0.490 e. The van der Waals surface area contributed by atoms with Crippen molar-refractivity contribution in [2.75, 3.05) is 57.7 Å². The largest absolute Gasteiger partial charge is 0.490 e. The Morgan fingerprint density at radius 1 is 1.20 bits per heavy atom. The second-order valence-electron chi connectivity index (χ2n) is 15.4. The maximum Gasteiger partial charge on any atom is 0.286 e. The topological polar surface area (TPSA) is 157 Å². The van der Waals surface area contributed by atoms with Crippen molar-refractivity contribution in [1.82, 2.24) is 19.8 Å². The van der Waals surface area contributed by atoms with Crippen molar-refractivity contribution < 1.29 is 33.1 Å². The van der Waals surface area contributed by atoms with Crippen LogP contribution in [0.25, 0.3) is 0 Å². The van der Waals surface area contributed by atoms with Gasteiger partial charge in [0.15, 0.2) is 0 Å². The van der Waals surface area contributed by atoms with Crippen molar-refractivity contribution >= 4 is 39.0 Å². The normalized spacial score (nSPS) is 29.8. The van der Waals surface area contributed by atoms with E-state index in [1.807, 2.05) is 26.1 Å². The van der Waals surface area contributed by atoms with Gasteiger partial charge < -0.3 is 29.5 Å². The van der Waals surface area contributed by atoms with Crippen LogP contribution in [0.2, 0.25) is 5.02 Å². The number of rotatable bonds is 7. The number of aryl methyl sites for hydroxylation is 2. The summed E-state index contributed by atoms with van der Waals surface area (Å²) in [6.07, 6.45) is 8.40. The minimum absolute atomic E-state index is 0.0104. The number of fused-ring (bicyclic) bond motifs is 4. The van der Waals surface area contributed by atoms with Gasteiger partial charge in [-0.1, -0.05) is 36.7 Å². The molecule has 3 N–H and O–H groups in total. The molecule has 0 radical (unpaired) electrons. The lowest BCUT2D eigenvalue weighted by atomic mass is 9.68. The molecule has 0 saturated heterocycles. The molecule has 2 bridgehead atoms.